The van der Waals surface area contributed by atoms with Gasteiger partial charge in [0.2, 0.25) is 0 Å². The molecule has 0 aliphatic carbocycles. The number of aryl methyl sites for hydroxylation is 1. The molecule has 1 fully saturated rings. The van der Waals surface area contributed by atoms with Crippen LogP contribution >= 0.6 is 0 Å². The molecule has 0 bridgehead atoms. The Bertz CT molecular complexity index is 466. The van der Waals surface area contributed by atoms with Crippen LogP contribution in [0.3, 0.4) is 0 Å². The zero-order valence-corrected chi connectivity index (χ0v) is 12.5. The molecule has 5 nitrogen and oxygen atoms in total. The molecule has 106 valence electrons. The van der Waals surface area contributed by atoms with E-state index >= 15 is 0 Å². The van der Waals surface area contributed by atoms with Gasteiger partial charge in [-0.05, 0) is 19.0 Å². The highest BCUT2D eigenvalue weighted by molar-refractivity contribution is 5.92. The summed E-state index contributed by atoms with van der Waals surface area (Å²) in [6, 6.07) is 2.21. The Hall–Kier alpha value is -1.36. The molecule has 1 aromatic rings. The van der Waals surface area contributed by atoms with Crippen LogP contribution in [0.15, 0.2) is 6.07 Å². The summed E-state index contributed by atoms with van der Waals surface area (Å²) in [5.74, 6) is 0.0548. The van der Waals surface area contributed by atoms with Crippen LogP contribution in [0.2, 0.25) is 0 Å². The number of likely N-dealkylation sites (N-methyl/N-ethyl adjacent to an activating group) is 1. The molecular formula is C14H24N4O. The van der Waals surface area contributed by atoms with Gasteiger partial charge in [0.15, 0.2) is 0 Å². The van der Waals surface area contributed by atoms with Gasteiger partial charge in [-0.2, -0.15) is 5.10 Å². The van der Waals surface area contributed by atoms with Crippen molar-refractivity contribution in [1.82, 2.24) is 20.0 Å². The van der Waals surface area contributed by atoms with Crippen molar-refractivity contribution < 1.29 is 4.79 Å². The highest BCUT2D eigenvalue weighted by atomic mass is 16.2. The van der Waals surface area contributed by atoms with Crippen molar-refractivity contribution in [1.29, 1.82) is 0 Å². The minimum Gasteiger partial charge on any atom is -0.336 e. The maximum Gasteiger partial charge on any atom is 0.272 e. The van der Waals surface area contributed by atoms with Crippen LogP contribution < -0.4 is 5.32 Å². The third-order valence-corrected chi connectivity index (χ3v) is 3.77. The Morgan fingerprint density at radius 2 is 2.21 bits per heavy atom. The van der Waals surface area contributed by atoms with Crippen molar-refractivity contribution in [2.75, 3.05) is 20.1 Å². The Labute approximate surface area is 115 Å². The van der Waals surface area contributed by atoms with Crippen LogP contribution in [0.5, 0.6) is 0 Å². The van der Waals surface area contributed by atoms with Crippen LogP contribution in [0, 0.1) is 0 Å². The minimum absolute atomic E-state index is 0.0379. The van der Waals surface area contributed by atoms with E-state index in [1.807, 2.05) is 25.1 Å². The molecule has 0 saturated carbocycles. The Morgan fingerprint density at radius 3 is 2.68 bits per heavy atom. The van der Waals surface area contributed by atoms with Gasteiger partial charge >= 0.3 is 0 Å². The molecule has 0 radical (unpaired) electrons. The lowest BCUT2D eigenvalue weighted by Crippen LogP contribution is -2.39. The number of rotatable bonds is 2. The number of carbonyl (C=O) groups is 1. The average Bonchev–Trinajstić information content (AvgIpc) is 2.94. The normalized spacial score (nSPS) is 19.7. The maximum absolute atomic E-state index is 12.5. The first-order valence-corrected chi connectivity index (χ1v) is 6.83. The molecule has 0 aromatic carbocycles. The number of hydrogen-bond acceptors (Lipinski definition) is 3. The molecular weight excluding hydrogens is 240 g/mol. The zero-order chi connectivity index (χ0) is 14.2. The quantitative estimate of drug-likeness (QED) is 0.872. The van der Waals surface area contributed by atoms with E-state index in [1.165, 1.54) is 0 Å². The third-order valence-electron chi connectivity index (χ3n) is 3.77. The number of aromatic nitrogens is 2. The first kappa shape index (κ1) is 14.1. The molecule has 1 atom stereocenters. The molecule has 0 unspecified atom stereocenters. The molecule has 1 aliphatic heterocycles. The molecule has 19 heavy (non-hydrogen) atoms. The average molecular weight is 264 g/mol. The summed E-state index contributed by atoms with van der Waals surface area (Å²) >= 11 is 0. The van der Waals surface area contributed by atoms with Crippen LogP contribution in [0.4, 0.5) is 0 Å². The predicted molar refractivity (Wildman–Crippen MR) is 75.3 cm³/mol. The molecule has 5 heteroatoms. The Kier molecular flexibility index (Phi) is 3.67. The second-order valence-corrected chi connectivity index (χ2v) is 6.35. The van der Waals surface area contributed by atoms with Crippen molar-refractivity contribution in [3.63, 3.8) is 0 Å². The van der Waals surface area contributed by atoms with E-state index in [9.17, 15) is 4.79 Å². The van der Waals surface area contributed by atoms with Crippen molar-refractivity contribution in [3.05, 3.63) is 17.5 Å². The molecule has 1 N–H and O–H groups in total. The van der Waals surface area contributed by atoms with Gasteiger partial charge in [0, 0.05) is 32.1 Å². The van der Waals surface area contributed by atoms with Gasteiger partial charge in [0.1, 0.15) is 5.69 Å². The SMILES string of the molecule is CN(C(=O)c1cc(C(C)(C)C)nn1C)[C@H]1CCNC1. The van der Waals surface area contributed by atoms with E-state index in [1.54, 1.807) is 4.68 Å². The maximum atomic E-state index is 12.5. The topological polar surface area (TPSA) is 50.2 Å². The fraction of sp³-hybridized carbons (Fsp3) is 0.714. The van der Waals surface area contributed by atoms with Gasteiger partial charge in [0.25, 0.3) is 5.91 Å². The molecule has 1 amide bonds. The first-order chi connectivity index (χ1) is 8.80. The highest BCUT2D eigenvalue weighted by Gasteiger charge is 2.27. The molecule has 2 heterocycles. The molecule has 2 rings (SSSR count). The summed E-state index contributed by atoms with van der Waals surface area (Å²) in [5, 5.41) is 7.75. The number of nitrogens with zero attached hydrogens (tertiary/aromatic N) is 3. The van der Waals surface area contributed by atoms with Crippen molar-refractivity contribution >= 4 is 5.91 Å². The van der Waals surface area contributed by atoms with Gasteiger partial charge in [0.05, 0.1) is 5.69 Å². The number of carbonyl (C=O) groups excluding carboxylic acids is 1. The van der Waals surface area contributed by atoms with Gasteiger partial charge < -0.3 is 10.2 Å². The van der Waals surface area contributed by atoms with Crippen LogP contribution in [0.1, 0.15) is 43.4 Å². The minimum atomic E-state index is -0.0379. The Morgan fingerprint density at radius 1 is 1.53 bits per heavy atom. The molecule has 1 saturated heterocycles. The predicted octanol–water partition coefficient (Wildman–Crippen LogP) is 1.15. The number of hydrogen-bond donors (Lipinski definition) is 1. The van der Waals surface area contributed by atoms with Gasteiger partial charge in [-0.25, -0.2) is 0 Å². The summed E-state index contributed by atoms with van der Waals surface area (Å²) in [5.41, 5.74) is 1.58. The number of nitrogens with one attached hydrogen (secondary N) is 1. The van der Waals surface area contributed by atoms with Gasteiger partial charge in [-0.1, -0.05) is 20.8 Å². The zero-order valence-electron chi connectivity index (χ0n) is 12.5. The third kappa shape index (κ3) is 2.81. The van der Waals surface area contributed by atoms with Gasteiger partial charge in [-0.15, -0.1) is 0 Å². The smallest absolute Gasteiger partial charge is 0.272 e. The summed E-state index contributed by atoms with van der Waals surface area (Å²) in [6.07, 6.45) is 1.02. The van der Waals surface area contributed by atoms with E-state index in [-0.39, 0.29) is 11.3 Å². The first-order valence-electron chi connectivity index (χ1n) is 6.83. The summed E-state index contributed by atoms with van der Waals surface area (Å²) < 4.78 is 1.70. The highest BCUT2D eigenvalue weighted by Crippen LogP contribution is 2.22. The van der Waals surface area contributed by atoms with E-state index in [2.05, 4.69) is 31.2 Å². The fourth-order valence-corrected chi connectivity index (χ4v) is 2.35. The van der Waals surface area contributed by atoms with Crippen LogP contribution in [-0.2, 0) is 12.5 Å². The van der Waals surface area contributed by atoms with Gasteiger partial charge in [-0.3, -0.25) is 9.48 Å². The lowest BCUT2D eigenvalue weighted by Gasteiger charge is -2.23. The summed E-state index contributed by atoms with van der Waals surface area (Å²) in [4.78, 5) is 14.4. The lowest BCUT2D eigenvalue weighted by molar-refractivity contribution is 0.0732. The number of amides is 1. The fourth-order valence-electron chi connectivity index (χ4n) is 2.35. The standard InChI is InChI=1S/C14H24N4O/c1-14(2,3)12-8-11(18(5)16-12)13(19)17(4)10-6-7-15-9-10/h8,10,15H,6-7,9H2,1-5H3/t10-/m0/s1. The molecule has 1 aromatic heterocycles. The second-order valence-electron chi connectivity index (χ2n) is 6.35. The van der Waals surface area contributed by atoms with E-state index in [0.29, 0.717) is 11.7 Å². The largest absolute Gasteiger partial charge is 0.336 e. The van der Waals surface area contributed by atoms with E-state index < -0.39 is 0 Å². The van der Waals surface area contributed by atoms with Crippen LogP contribution in [0.25, 0.3) is 0 Å². The lowest BCUT2D eigenvalue weighted by atomic mass is 9.92. The summed E-state index contributed by atoms with van der Waals surface area (Å²) in [6.45, 7) is 8.18. The monoisotopic (exact) mass is 264 g/mol. The van der Waals surface area contributed by atoms with E-state index in [0.717, 1.165) is 25.2 Å². The Balaban J connectivity index is 2.21. The molecule has 0 spiro atoms. The van der Waals surface area contributed by atoms with Crippen molar-refractivity contribution in [3.8, 4) is 0 Å². The summed E-state index contributed by atoms with van der Waals surface area (Å²) in [7, 11) is 3.72. The molecule has 1 aliphatic rings. The van der Waals surface area contributed by atoms with Crippen molar-refractivity contribution in [2.24, 2.45) is 7.05 Å². The van der Waals surface area contributed by atoms with Crippen molar-refractivity contribution in [2.45, 2.75) is 38.6 Å². The van der Waals surface area contributed by atoms with Crippen LogP contribution in [-0.4, -0.2) is 46.8 Å². The van der Waals surface area contributed by atoms with E-state index in [4.69, 9.17) is 0 Å². The second kappa shape index (κ2) is 4.96.